The van der Waals surface area contributed by atoms with E-state index in [1.807, 2.05) is 19.1 Å². The predicted molar refractivity (Wildman–Crippen MR) is 77.5 cm³/mol. The highest BCUT2D eigenvalue weighted by Gasteiger charge is 2.23. The summed E-state index contributed by atoms with van der Waals surface area (Å²) < 4.78 is 0. The van der Waals surface area contributed by atoms with Gasteiger partial charge in [-0.1, -0.05) is 18.2 Å². The summed E-state index contributed by atoms with van der Waals surface area (Å²) in [6, 6.07) is 8.18. The van der Waals surface area contributed by atoms with E-state index in [9.17, 15) is 4.79 Å². The van der Waals surface area contributed by atoms with Crippen molar-refractivity contribution < 1.29 is 4.79 Å². The molecule has 3 N–H and O–H groups in total. The van der Waals surface area contributed by atoms with Crippen LogP contribution in [0.2, 0.25) is 0 Å². The molecule has 5 heteroatoms. The number of H-pyrrole nitrogens is 1. The Labute approximate surface area is 117 Å². The Balaban J connectivity index is 1.57. The highest BCUT2D eigenvalue weighted by Crippen LogP contribution is 2.32. The van der Waals surface area contributed by atoms with Gasteiger partial charge in [0.05, 0.1) is 6.20 Å². The zero-order valence-corrected chi connectivity index (χ0v) is 11.4. The molecule has 1 unspecified atom stereocenters. The maximum atomic E-state index is 12.0. The lowest BCUT2D eigenvalue weighted by Gasteiger charge is -2.10. The molecule has 5 nitrogen and oxygen atoms in total. The Morgan fingerprint density at radius 3 is 3.10 bits per heavy atom. The van der Waals surface area contributed by atoms with E-state index in [-0.39, 0.29) is 11.8 Å². The average Bonchev–Trinajstić information content (AvgIpc) is 3.04. The van der Waals surface area contributed by atoms with Gasteiger partial charge in [-0.15, -0.1) is 0 Å². The Bertz CT molecular complexity index is 620. The lowest BCUT2D eigenvalue weighted by Crippen LogP contribution is -2.25. The number of para-hydroxylation sites is 1. The van der Waals surface area contributed by atoms with E-state index >= 15 is 0 Å². The molecule has 2 heterocycles. The van der Waals surface area contributed by atoms with E-state index in [4.69, 9.17) is 0 Å². The second kappa shape index (κ2) is 5.36. The third kappa shape index (κ3) is 2.52. The van der Waals surface area contributed by atoms with E-state index in [1.54, 1.807) is 6.20 Å². The molecule has 0 aliphatic carbocycles. The van der Waals surface area contributed by atoms with Crippen molar-refractivity contribution in [2.45, 2.75) is 25.8 Å². The summed E-state index contributed by atoms with van der Waals surface area (Å²) in [6.07, 6.45) is 2.27. The maximum absolute atomic E-state index is 12.0. The topological polar surface area (TPSA) is 69.8 Å². The predicted octanol–water partition coefficient (Wildman–Crippen LogP) is 1.93. The van der Waals surface area contributed by atoms with Gasteiger partial charge >= 0.3 is 0 Å². The van der Waals surface area contributed by atoms with Gasteiger partial charge in [0.2, 0.25) is 5.91 Å². The van der Waals surface area contributed by atoms with Crippen molar-refractivity contribution in [2.24, 2.45) is 0 Å². The number of anilines is 1. The van der Waals surface area contributed by atoms with Crippen LogP contribution in [0.4, 0.5) is 5.69 Å². The first-order chi connectivity index (χ1) is 9.74. The van der Waals surface area contributed by atoms with Crippen molar-refractivity contribution in [3.8, 4) is 0 Å². The molecule has 2 aromatic rings. The fraction of sp³-hybridized carbons (Fsp3) is 0.333. The van der Waals surface area contributed by atoms with E-state index in [2.05, 4.69) is 33.0 Å². The molecule has 0 saturated heterocycles. The first kappa shape index (κ1) is 12.7. The second-order valence-electron chi connectivity index (χ2n) is 5.17. The van der Waals surface area contributed by atoms with Crippen LogP contribution in [-0.2, 0) is 11.3 Å². The van der Waals surface area contributed by atoms with Crippen LogP contribution in [0.25, 0.3) is 0 Å². The van der Waals surface area contributed by atoms with Gasteiger partial charge in [-0.3, -0.25) is 9.89 Å². The van der Waals surface area contributed by atoms with Crippen LogP contribution in [0.3, 0.4) is 0 Å². The van der Waals surface area contributed by atoms with Crippen molar-refractivity contribution >= 4 is 11.6 Å². The normalized spacial score (nSPS) is 16.6. The second-order valence-corrected chi connectivity index (χ2v) is 5.17. The quantitative estimate of drug-likeness (QED) is 0.795. The van der Waals surface area contributed by atoms with Gasteiger partial charge in [0.25, 0.3) is 0 Å². The number of aromatic nitrogens is 2. The Morgan fingerprint density at radius 2 is 2.30 bits per heavy atom. The third-order valence-electron chi connectivity index (χ3n) is 3.78. The lowest BCUT2D eigenvalue weighted by molar-refractivity contribution is -0.121. The summed E-state index contributed by atoms with van der Waals surface area (Å²) in [5.41, 5.74) is 4.42. The molecule has 0 bridgehead atoms. The molecule has 0 spiro atoms. The molecule has 1 aliphatic rings. The SMILES string of the molecule is Cc1[nH]ncc1CNC(=O)CC1CNc2ccccc21. The van der Waals surface area contributed by atoms with Gasteiger partial charge in [0.1, 0.15) is 0 Å². The number of nitrogens with one attached hydrogen (secondary N) is 3. The first-order valence-electron chi connectivity index (χ1n) is 6.82. The summed E-state index contributed by atoms with van der Waals surface area (Å²) in [5, 5.41) is 13.1. The average molecular weight is 270 g/mol. The maximum Gasteiger partial charge on any atom is 0.220 e. The molecular weight excluding hydrogens is 252 g/mol. The molecule has 1 aromatic heterocycles. The zero-order valence-electron chi connectivity index (χ0n) is 11.4. The molecule has 1 atom stereocenters. The van der Waals surface area contributed by atoms with Crippen LogP contribution in [0.5, 0.6) is 0 Å². The van der Waals surface area contributed by atoms with Crippen molar-refractivity contribution in [3.63, 3.8) is 0 Å². The highest BCUT2D eigenvalue weighted by molar-refractivity contribution is 5.78. The van der Waals surface area contributed by atoms with Crippen molar-refractivity contribution in [1.29, 1.82) is 0 Å². The van der Waals surface area contributed by atoms with Gasteiger partial charge in [0, 0.05) is 42.4 Å². The summed E-state index contributed by atoms with van der Waals surface area (Å²) >= 11 is 0. The number of carbonyl (C=O) groups excluding carboxylic acids is 1. The molecule has 0 radical (unpaired) electrons. The number of nitrogens with zero attached hydrogens (tertiary/aromatic N) is 1. The molecule has 104 valence electrons. The molecule has 3 rings (SSSR count). The van der Waals surface area contributed by atoms with Gasteiger partial charge in [-0.2, -0.15) is 5.10 Å². The number of carbonyl (C=O) groups is 1. The number of aryl methyl sites for hydroxylation is 1. The standard InChI is InChI=1S/C15H18N4O/c1-10-12(9-18-19-10)8-17-15(20)6-11-7-16-14-5-3-2-4-13(11)14/h2-5,9,11,16H,6-8H2,1H3,(H,17,20)(H,18,19). The number of rotatable bonds is 4. The highest BCUT2D eigenvalue weighted by atomic mass is 16.1. The minimum absolute atomic E-state index is 0.0779. The summed E-state index contributed by atoms with van der Waals surface area (Å²) in [4.78, 5) is 12.0. The van der Waals surface area contributed by atoms with Crippen LogP contribution >= 0.6 is 0 Å². The molecule has 0 saturated carbocycles. The molecule has 1 amide bonds. The molecule has 1 aromatic carbocycles. The fourth-order valence-electron chi connectivity index (χ4n) is 2.58. The number of aromatic amines is 1. The summed E-state index contributed by atoms with van der Waals surface area (Å²) in [5.74, 6) is 0.339. The monoisotopic (exact) mass is 270 g/mol. The van der Waals surface area contributed by atoms with Crippen LogP contribution in [0, 0.1) is 6.92 Å². The largest absolute Gasteiger partial charge is 0.384 e. The number of benzene rings is 1. The number of hydrogen-bond acceptors (Lipinski definition) is 3. The smallest absolute Gasteiger partial charge is 0.220 e. The van der Waals surface area contributed by atoms with Crippen LogP contribution in [-0.4, -0.2) is 22.6 Å². The minimum atomic E-state index is 0.0779. The Hall–Kier alpha value is -2.30. The fourth-order valence-corrected chi connectivity index (χ4v) is 2.58. The number of fused-ring (bicyclic) bond motifs is 1. The van der Waals surface area contributed by atoms with Crippen molar-refractivity contribution in [2.75, 3.05) is 11.9 Å². The van der Waals surface area contributed by atoms with Gasteiger partial charge in [-0.25, -0.2) is 0 Å². The van der Waals surface area contributed by atoms with Crippen molar-refractivity contribution in [1.82, 2.24) is 15.5 Å². The van der Waals surface area contributed by atoms with Crippen LogP contribution < -0.4 is 10.6 Å². The van der Waals surface area contributed by atoms with Crippen LogP contribution in [0.1, 0.15) is 29.2 Å². The zero-order chi connectivity index (χ0) is 13.9. The molecular formula is C15H18N4O. The molecule has 1 aliphatic heterocycles. The minimum Gasteiger partial charge on any atom is -0.384 e. The van der Waals surface area contributed by atoms with Gasteiger partial charge in [-0.05, 0) is 18.6 Å². The number of hydrogen-bond donors (Lipinski definition) is 3. The lowest BCUT2D eigenvalue weighted by atomic mass is 9.97. The first-order valence-corrected chi connectivity index (χ1v) is 6.82. The number of amides is 1. The Kier molecular flexibility index (Phi) is 3.41. The molecule has 0 fully saturated rings. The van der Waals surface area contributed by atoms with Gasteiger partial charge < -0.3 is 10.6 Å². The molecule has 20 heavy (non-hydrogen) atoms. The van der Waals surface area contributed by atoms with Crippen molar-refractivity contribution in [3.05, 3.63) is 47.3 Å². The summed E-state index contributed by atoms with van der Waals surface area (Å²) in [7, 11) is 0. The third-order valence-corrected chi connectivity index (χ3v) is 3.78. The van der Waals surface area contributed by atoms with E-state index in [0.29, 0.717) is 13.0 Å². The Morgan fingerprint density at radius 1 is 1.45 bits per heavy atom. The van der Waals surface area contributed by atoms with E-state index < -0.39 is 0 Å². The van der Waals surface area contributed by atoms with Crippen LogP contribution in [0.15, 0.2) is 30.5 Å². The van der Waals surface area contributed by atoms with Gasteiger partial charge in [0.15, 0.2) is 0 Å². The summed E-state index contributed by atoms with van der Waals surface area (Å²) in [6.45, 7) is 3.31. The van der Waals surface area contributed by atoms with E-state index in [1.165, 1.54) is 5.56 Å². The van der Waals surface area contributed by atoms with E-state index in [0.717, 1.165) is 23.5 Å².